The quantitative estimate of drug-likeness (QED) is 0.709. The van der Waals surface area contributed by atoms with Crippen LogP contribution in [0.1, 0.15) is 34.5 Å². The minimum absolute atomic E-state index is 0.119. The fourth-order valence-electron chi connectivity index (χ4n) is 2.88. The van der Waals surface area contributed by atoms with E-state index in [2.05, 4.69) is 10.3 Å². The molecule has 1 atom stereocenters. The van der Waals surface area contributed by atoms with E-state index in [1.165, 1.54) is 4.57 Å². The Morgan fingerprint density at radius 1 is 1.24 bits per heavy atom. The average molecular weight is 353 g/mol. The van der Waals surface area contributed by atoms with E-state index in [1.54, 1.807) is 25.2 Å². The molecule has 1 heterocycles. The molecule has 0 aliphatic rings. The molecule has 2 N–H and O–H groups in total. The van der Waals surface area contributed by atoms with Crippen molar-refractivity contribution in [1.82, 2.24) is 14.9 Å². The van der Waals surface area contributed by atoms with Gasteiger partial charge >= 0.3 is 0 Å². The average Bonchev–Trinajstić information content (AvgIpc) is 2.59. The van der Waals surface area contributed by atoms with Crippen LogP contribution in [0, 0.1) is 11.7 Å². The van der Waals surface area contributed by atoms with Gasteiger partial charge in [-0.3, -0.25) is 14.2 Å². The summed E-state index contributed by atoms with van der Waals surface area (Å²) in [6.45, 7) is 3.97. The predicted octanol–water partition coefficient (Wildman–Crippen LogP) is 3.40. The minimum atomic E-state index is -0.197. The van der Waals surface area contributed by atoms with Crippen molar-refractivity contribution in [1.29, 1.82) is 0 Å². The maximum atomic E-state index is 12.6. The second-order valence-corrected chi connectivity index (χ2v) is 6.49. The Kier molecular flexibility index (Phi) is 4.55. The standard InChI is InChI=1S/C19H19N3O2S/c1-11-6-4-5-7-14(11)12(2)20-17(23)13-8-9-15-16(10-13)21-19(25)22(3)18(15)24/h4-10,12H,1-3H3,(H,20,23)(H,21,25). The first-order chi connectivity index (χ1) is 11.9. The lowest BCUT2D eigenvalue weighted by Gasteiger charge is -2.16. The minimum Gasteiger partial charge on any atom is -0.346 e. The molecule has 0 aliphatic carbocycles. The second kappa shape index (κ2) is 6.64. The molecule has 0 saturated heterocycles. The normalized spacial score (nSPS) is 12.1. The topological polar surface area (TPSA) is 66.9 Å². The van der Waals surface area contributed by atoms with Crippen LogP contribution < -0.4 is 10.9 Å². The summed E-state index contributed by atoms with van der Waals surface area (Å²) in [5.74, 6) is -0.197. The molecular formula is C19H19N3O2S. The molecular weight excluding hydrogens is 334 g/mol. The number of nitrogens with zero attached hydrogens (tertiary/aromatic N) is 1. The summed E-state index contributed by atoms with van der Waals surface area (Å²) in [6.07, 6.45) is 0. The summed E-state index contributed by atoms with van der Waals surface area (Å²) < 4.78 is 1.70. The molecule has 1 aromatic heterocycles. The molecule has 3 rings (SSSR count). The van der Waals surface area contributed by atoms with Gasteiger partial charge in [-0.2, -0.15) is 0 Å². The maximum absolute atomic E-state index is 12.6. The third-order valence-electron chi connectivity index (χ3n) is 4.37. The van der Waals surface area contributed by atoms with Crippen molar-refractivity contribution in [2.75, 3.05) is 0 Å². The zero-order valence-corrected chi connectivity index (χ0v) is 15.1. The van der Waals surface area contributed by atoms with E-state index >= 15 is 0 Å². The summed E-state index contributed by atoms with van der Waals surface area (Å²) in [6, 6.07) is 12.8. The molecule has 0 fully saturated rings. The van der Waals surface area contributed by atoms with Gasteiger partial charge in [0.2, 0.25) is 0 Å². The van der Waals surface area contributed by atoms with Gasteiger partial charge in [0, 0.05) is 12.6 Å². The number of benzene rings is 2. The lowest BCUT2D eigenvalue weighted by atomic mass is 10.0. The van der Waals surface area contributed by atoms with Gasteiger partial charge in [-0.1, -0.05) is 24.3 Å². The largest absolute Gasteiger partial charge is 0.346 e. The molecule has 0 aliphatic heterocycles. The molecule has 0 saturated carbocycles. The number of hydrogen-bond donors (Lipinski definition) is 2. The number of hydrogen-bond acceptors (Lipinski definition) is 3. The first kappa shape index (κ1) is 17.1. The van der Waals surface area contributed by atoms with Crippen LogP contribution in [0.4, 0.5) is 0 Å². The van der Waals surface area contributed by atoms with E-state index in [0.29, 0.717) is 21.2 Å². The Morgan fingerprint density at radius 2 is 1.96 bits per heavy atom. The highest BCUT2D eigenvalue weighted by Crippen LogP contribution is 2.18. The van der Waals surface area contributed by atoms with Crippen molar-refractivity contribution >= 4 is 29.0 Å². The first-order valence-electron chi connectivity index (χ1n) is 7.98. The lowest BCUT2D eigenvalue weighted by Crippen LogP contribution is -2.27. The van der Waals surface area contributed by atoms with Gasteiger partial charge in [-0.25, -0.2) is 0 Å². The maximum Gasteiger partial charge on any atom is 0.261 e. The van der Waals surface area contributed by atoms with Crippen molar-refractivity contribution in [3.63, 3.8) is 0 Å². The Bertz CT molecular complexity index is 1080. The number of carbonyl (C=O) groups is 1. The number of amides is 1. The van der Waals surface area contributed by atoms with E-state index in [9.17, 15) is 9.59 Å². The molecule has 1 amide bonds. The monoisotopic (exact) mass is 353 g/mol. The zero-order valence-electron chi connectivity index (χ0n) is 14.3. The van der Waals surface area contributed by atoms with Crippen molar-refractivity contribution in [3.8, 4) is 0 Å². The molecule has 0 radical (unpaired) electrons. The number of nitrogens with one attached hydrogen (secondary N) is 2. The Labute approximate surface area is 150 Å². The molecule has 0 spiro atoms. The van der Waals surface area contributed by atoms with Gasteiger partial charge in [0.1, 0.15) is 0 Å². The highest BCUT2D eigenvalue weighted by molar-refractivity contribution is 7.71. The van der Waals surface area contributed by atoms with Gasteiger partial charge in [0.15, 0.2) is 4.77 Å². The highest BCUT2D eigenvalue weighted by Gasteiger charge is 2.14. The van der Waals surface area contributed by atoms with Gasteiger partial charge in [0.25, 0.3) is 11.5 Å². The molecule has 25 heavy (non-hydrogen) atoms. The molecule has 3 aromatic rings. The lowest BCUT2D eigenvalue weighted by molar-refractivity contribution is 0.0940. The molecule has 5 nitrogen and oxygen atoms in total. The van der Waals surface area contributed by atoms with Crippen molar-refractivity contribution in [2.45, 2.75) is 19.9 Å². The molecule has 2 aromatic carbocycles. The van der Waals surface area contributed by atoms with E-state index in [-0.39, 0.29) is 17.5 Å². The second-order valence-electron chi connectivity index (χ2n) is 6.11. The van der Waals surface area contributed by atoms with Crippen molar-refractivity contribution in [2.24, 2.45) is 7.05 Å². The van der Waals surface area contributed by atoms with Crippen LogP contribution in [-0.2, 0) is 7.05 Å². The smallest absolute Gasteiger partial charge is 0.261 e. The predicted molar refractivity (Wildman–Crippen MR) is 101 cm³/mol. The summed E-state index contributed by atoms with van der Waals surface area (Å²) >= 11 is 5.13. The molecule has 1 unspecified atom stereocenters. The van der Waals surface area contributed by atoms with Crippen LogP contribution in [0.5, 0.6) is 0 Å². The number of aryl methyl sites for hydroxylation is 1. The summed E-state index contributed by atoms with van der Waals surface area (Å²) in [4.78, 5) is 27.8. The van der Waals surface area contributed by atoms with E-state index < -0.39 is 0 Å². The summed E-state index contributed by atoms with van der Waals surface area (Å²) in [5.41, 5.74) is 3.06. The van der Waals surface area contributed by atoms with Crippen LogP contribution in [-0.4, -0.2) is 15.5 Å². The van der Waals surface area contributed by atoms with Crippen LogP contribution >= 0.6 is 12.2 Å². The third kappa shape index (κ3) is 3.25. The van der Waals surface area contributed by atoms with Crippen molar-refractivity contribution in [3.05, 3.63) is 74.3 Å². The number of aromatic nitrogens is 2. The van der Waals surface area contributed by atoms with Crippen LogP contribution in [0.15, 0.2) is 47.3 Å². The number of aromatic amines is 1. The number of carbonyl (C=O) groups excluding carboxylic acids is 1. The molecule has 0 bridgehead atoms. The van der Waals surface area contributed by atoms with Crippen molar-refractivity contribution < 1.29 is 4.79 Å². The Morgan fingerprint density at radius 3 is 2.68 bits per heavy atom. The number of H-pyrrole nitrogens is 1. The fraction of sp³-hybridized carbons (Fsp3) is 0.211. The Hall–Kier alpha value is -2.73. The van der Waals surface area contributed by atoms with Crippen LogP contribution in [0.3, 0.4) is 0 Å². The highest BCUT2D eigenvalue weighted by atomic mass is 32.1. The van der Waals surface area contributed by atoms with E-state index in [1.807, 2.05) is 38.1 Å². The molecule has 128 valence electrons. The van der Waals surface area contributed by atoms with Gasteiger partial charge in [0.05, 0.1) is 16.9 Å². The van der Waals surface area contributed by atoms with Crippen LogP contribution in [0.2, 0.25) is 0 Å². The number of fused-ring (bicyclic) bond motifs is 1. The van der Waals surface area contributed by atoms with Gasteiger partial charge in [-0.05, 0) is 55.4 Å². The van der Waals surface area contributed by atoms with E-state index in [0.717, 1.165) is 11.1 Å². The first-order valence-corrected chi connectivity index (χ1v) is 8.39. The van der Waals surface area contributed by atoms with Gasteiger partial charge < -0.3 is 10.3 Å². The number of rotatable bonds is 3. The summed E-state index contributed by atoms with van der Waals surface area (Å²) in [5, 5.41) is 3.50. The van der Waals surface area contributed by atoms with E-state index in [4.69, 9.17) is 12.2 Å². The van der Waals surface area contributed by atoms with Gasteiger partial charge in [-0.15, -0.1) is 0 Å². The summed E-state index contributed by atoms with van der Waals surface area (Å²) in [7, 11) is 1.62. The fourth-order valence-corrected chi connectivity index (χ4v) is 3.07. The third-order valence-corrected chi connectivity index (χ3v) is 4.74. The SMILES string of the molecule is Cc1ccccc1C(C)NC(=O)c1ccc2c(=O)n(C)c(=S)[nH]c2c1. The Balaban J connectivity index is 1.93. The zero-order chi connectivity index (χ0) is 18.1. The van der Waals surface area contributed by atoms with Crippen LogP contribution in [0.25, 0.3) is 10.9 Å². The molecule has 6 heteroatoms.